The first-order valence-corrected chi connectivity index (χ1v) is 5.04. The predicted molar refractivity (Wildman–Crippen MR) is 60.0 cm³/mol. The Labute approximate surface area is 91.5 Å². The van der Waals surface area contributed by atoms with Crippen LogP contribution in [-0.2, 0) is 6.42 Å². The number of fused-ring (bicyclic) bond motifs is 1. The van der Waals surface area contributed by atoms with Gasteiger partial charge in [-0.3, -0.25) is 0 Å². The van der Waals surface area contributed by atoms with Gasteiger partial charge < -0.3 is 10.3 Å². The third-order valence-electron chi connectivity index (χ3n) is 2.39. The van der Waals surface area contributed by atoms with Crippen molar-refractivity contribution in [2.24, 2.45) is 0 Å². The first-order valence-electron chi connectivity index (χ1n) is 5.04. The van der Waals surface area contributed by atoms with Crippen molar-refractivity contribution in [2.45, 2.75) is 6.42 Å². The molecule has 2 rings (SSSR count). The van der Waals surface area contributed by atoms with Gasteiger partial charge in [-0.2, -0.15) is 4.98 Å². The number of aromatic nitrogens is 2. The smallest absolute Gasteiger partial charge is 0.319 e. The second-order valence-corrected chi connectivity index (χ2v) is 3.54. The minimum absolute atomic E-state index is 0.384. The molecule has 1 heterocycles. The van der Waals surface area contributed by atoms with E-state index in [0.717, 1.165) is 17.6 Å². The van der Waals surface area contributed by atoms with E-state index >= 15 is 0 Å². The SMILES string of the molecule is CNCCc1[nH]c(=O)nc2cc(F)ccc12. The molecular weight excluding hydrogens is 209 g/mol. The fourth-order valence-electron chi connectivity index (χ4n) is 1.63. The molecule has 0 aliphatic carbocycles. The lowest BCUT2D eigenvalue weighted by molar-refractivity contribution is 0.629. The molecule has 16 heavy (non-hydrogen) atoms. The fraction of sp³-hybridized carbons (Fsp3) is 0.273. The van der Waals surface area contributed by atoms with Crippen LogP contribution in [0, 0.1) is 5.82 Å². The molecule has 5 heteroatoms. The van der Waals surface area contributed by atoms with E-state index in [1.54, 1.807) is 6.07 Å². The molecule has 0 amide bonds. The summed E-state index contributed by atoms with van der Waals surface area (Å²) in [5, 5.41) is 3.78. The second kappa shape index (κ2) is 4.40. The van der Waals surface area contributed by atoms with Crippen molar-refractivity contribution in [3.05, 3.63) is 40.2 Å². The summed E-state index contributed by atoms with van der Waals surface area (Å²) in [4.78, 5) is 17.7. The summed E-state index contributed by atoms with van der Waals surface area (Å²) >= 11 is 0. The average Bonchev–Trinajstić information content (AvgIpc) is 2.25. The van der Waals surface area contributed by atoms with Crippen molar-refractivity contribution in [2.75, 3.05) is 13.6 Å². The molecule has 0 fully saturated rings. The molecule has 0 spiro atoms. The number of hydrogen-bond acceptors (Lipinski definition) is 3. The number of H-pyrrole nitrogens is 1. The molecule has 4 nitrogen and oxygen atoms in total. The Morgan fingerprint density at radius 2 is 2.31 bits per heavy atom. The third-order valence-corrected chi connectivity index (χ3v) is 2.39. The largest absolute Gasteiger partial charge is 0.345 e. The number of rotatable bonds is 3. The summed E-state index contributed by atoms with van der Waals surface area (Å²) in [5.41, 5.74) is 0.739. The Morgan fingerprint density at radius 1 is 1.50 bits per heavy atom. The minimum atomic E-state index is -0.441. The van der Waals surface area contributed by atoms with E-state index in [0.29, 0.717) is 11.9 Å². The Morgan fingerprint density at radius 3 is 3.06 bits per heavy atom. The van der Waals surface area contributed by atoms with E-state index in [1.807, 2.05) is 7.05 Å². The van der Waals surface area contributed by atoms with Crippen molar-refractivity contribution in [1.82, 2.24) is 15.3 Å². The molecular formula is C11H12FN3O. The van der Waals surface area contributed by atoms with Gasteiger partial charge in [0.2, 0.25) is 0 Å². The number of hydrogen-bond donors (Lipinski definition) is 2. The molecule has 0 unspecified atom stereocenters. The van der Waals surface area contributed by atoms with Gasteiger partial charge in [0, 0.05) is 30.1 Å². The van der Waals surface area contributed by atoms with Crippen molar-refractivity contribution >= 4 is 10.9 Å². The van der Waals surface area contributed by atoms with Gasteiger partial charge in [-0.15, -0.1) is 0 Å². The van der Waals surface area contributed by atoms with Crippen LogP contribution in [0.4, 0.5) is 4.39 Å². The van der Waals surface area contributed by atoms with Crippen LogP contribution in [0.1, 0.15) is 5.69 Å². The zero-order chi connectivity index (χ0) is 11.5. The number of nitrogens with zero attached hydrogens (tertiary/aromatic N) is 1. The summed E-state index contributed by atoms with van der Waals surface area (Å²) in [5.74, 6) is -0.384. The van der Waals surface area contributed by atoms with Crippen LogP contribution < -0.4 is 11.0 Å². The molecule has 0 radical (unpaired) electrons. The number of benzene rings is 1. The van der Waals surface area contributed by atoms with E-state index in [-0.39, 0.29) is 5.82 Å². The number of nitrogens with one attached hydrogen (secondary N) is 2. The van der Waals surface area contributed by atoms with E-state index in [9.17, 15) is 9.18 Å². The molecule has 0 bridgehead atoms. The van der Waals surface area contributed by atoms with E-state index in [4.69, 9.17) is 0 Å². The summed E-state index contributed by atoms with van der Waals surface area (Å²) in [7, 11) is 1.83. The normalized spacial score (nSPS) is 10.9. The Hall–Kier alpha value is -1.75. The first-order chi connectivity index (χ1) is 7.70. The summed E-state index contributed by atoms with van der Waals surface area (Å²) < 4.78 is 13.0. The molecule has 1 aromatic heterocycles. The van der Waals surface area contributed by atoms with E-state index < -0.39 is 5.69 Å². The lowest BCUT2D eigenvalue weighted by atomic mass is 10.1. The number of aromatic amines is 1. The van der Waals surface area contributed by atoms with Crippen LogP contribution in [-0.4, -0.2) is 23.6 Å². The lowest BCUT2D eigenvalue weighted by Gasteiger charge is -2.05. The summed E-state index contributed by atoms with van der Waals surface area (Å²) in [6.07, 6.45) is 0.677. The monoisotopic (exact) mass is 221 g/mol. The van der Waals surface area contributed by atoms with E-state index in [1.165, 1.54) is 12.1 Å². The molecule has 2 N–H and O–H groups in total. The lowest BCUT2D eigenvalue weighted by Crippen LogP contribution is -2.17. The van der Waals surface area contributed by atoms with Gasteiger partial charge in [-0.05, 0) is 19.2 Å². The summed E-state index contributed by atoms with van der Waals surface area (Å²) in [6.45, 7) is 0.742. The van der Waals surface area contributed by atoms with Crippen LogP contribution in [0.2, 0.25) is 0 Å². The number of halogens is 1. The second-order valence-electron chi connectivity index (χ2n) is 3.54. The molecule has 0 atom stereocenters. The molecule has 84 valence electrons. The van der Waals surface area contributed by atoms with Crippen molar-refractivity contribution in [1.29, 1.82) is 0 Å². The molecule has 0 aliphatic rings. The van der Waals surface area contributed by atoms with Crippen molar-refractivity contribution < 1.29 is 4.39 Å². The van der Waals surface area contributed by atoms with Crippen LogP contribution >= 0.6 is 0 Å². The molecule has 1 aromatic carbocycles. The van der Waals surface area contributed by atoms with Gasteiger partial charge in [-0.25, -0.2) is 9.18 Å². The average molecular weight is 221 g/mol. The van der Waals surface area contributed by atoms with Crippen molar-refractivity contribution in [3.63, 3.8) is 0 Å². The highest BCUT2D eigenvalue weighted by atomic mass is 19.1. The van der Waals surface area contributed by atoms with Crippen molar-refractivity contribution in [3.8, 4) is 0 Å². The maximum Gasteiger partial charge on any atom is 0.345 e. The van der Waals surface area contributed by atoms with Gasteiger partial charge in [0.05, 0.1) is 5.52 Å². The quantitative estimate of drug-likeness (QED) is 0.807. The van der Waals surface area contributed by atoms with E-state index in [2.05, 4.69) is 15.3 Å². The number of likely N-dealkylation sites (N-methyl/N-ethyl adjacent to an activating group) is 1. The first kappa shape index (κ1) is 10.8. The highest BCUT2D eigenvalue weighted by Gasteiger charge is 2.05. The Kier molecular flexibility index (Phi) is 2.96. The standard InChI is InChI=1S/C11H12FN3O/c1-13-5-4-9-8-3-2-7(12)6-10(8)15-11(16)14-9/h2-3,6,13H,4-5H2,1H3,(H,14,15,16). The third kappa shape index (κ3) is 2.09. The Bertz CT molecular complexity index is 565. The molecule has 0 aliphatic heterocycles. The zero-order valence-corrected chi connectivity index (χ0v) is 8.88. The van der Waals surface area contributed by atoms with Gasteiger partial charge in [0.15, 0.2) is 0 Å². The van der Waals surface area contributed by atoms with Crippen LogP contribution in [0.25, 0.3) is 10.9 Å². The molecule has 0 saturated carbocycles. The Balaban J connectivity index is 2.58. The van der Waals surface area contributed by atoms with Gasteiger partial charge in [0.1, 0.15) is 5.82 Å². The summed E-state index contributed by atoms with van der Waals surface area (Å²) in [6, 6.07) is 4.28. The molecule has 0 saturated heterocycles. The van der Waals surface area contributed by atoms with Crippen LogP contribution in [0.15, 0.2) is 23.0 Å². The van der Waals surface area contributed by atoms with Crippen LogP contribution in [0.3, 0.4) is 0 Å². The topological polar surface area (TPSA) is 57.8 Å². The highest BCUT2D eigenvalue weighted by molar-refractivity contribution is 5.80. The van der Waals surface area contributed by atoms with Gasteiger partial charge >= 0.3 is 5.69 Å². The molecule has 2 aromatic rings. The highest BCUT2D eigenvalue weighted by Crippen LogP contribution is 2.14. The van der Waals surface area contributed by atoms with Crippen LogP contribution in [0.5, 0.6) is 0 Å². The maximum absolute atomic E-state index is 13.0. The zero-order valence-electron chi connectivity index (χ0n) is 8.88. The minimum Gasteiger partial charge on any atom is -0.319 e. The van der Waals surface area contributed by atoms with Gasteiger partial charge in [-0.1, -0.05) is 0 Å². The fourth-order valence-corrected chi connectivity index (χ4v) is 1.63. The predicted octanol–water partition coefficient (Wildman–Crippen LogP) is 0.824. The maximum atomic E-state index is 13.0. The van der Waals surface area contributed by atoms with Gasteiger partial charge in [0.25, 0.3) is 0 Å².